The van der Waals surface area contributed by atoms with Gasteiger partial charge in [-0.05, 0) is 40.2 Å². The van der Waals surface area contributed by atoms with Gasteiger partial charge in [0.25, 0.3) is 0 Å². The number of fused-ring (bicyclic) bond motifs is 2. The number of hydrogen-bond donors (Lipinski definition) is 1. The first-order valence-corrected chi connectivity index (χ1v) is 8.23. The molecule has 1 aromatic heterocycles. The van der Waals surface area contributed by atoms with E-state index in [9.17, 15) is 4.79 Å². The SMILES string of the molecule is O=C(Cc1ccccc1)Sc1nc2cc3ccccc3cc2[nH]1. The van der Waals surface area contributed by atoms with Gasteiger partial charge in [0, 0.05) is 6.42 Å². The van der Waals surface area contributed by atoms with Crippen molar-refractivity contribution in [3.05, 3.63) is 72.3 Å². The molecule has 112 valence electrons. The zero-order chi connectivity index (χ0) is 15.6. The molecule has 0 fully saturated rings. The van der Waals surface area contributed by atoms with Gasteiger partial charge in [0.05, 0.1) is 11.0 Å². The van der Waals surface area contributed by atoms with Gasteiger partial charge in [-0.1, -0.05) is 54.6 Å². The van der Waals surface area contributed by atoms with Gasteiger partial charge in [-0.15, -0.1) is 0 Å². The third-order valence-corrected chi connectivity index (χ3v) is 4.49. The quantitative estimate of drug-likeness (QED) is 0.562. The molecule has 1 heterocycles. The van der Waals surface area contributed by atoms with Crippen molar-refractivity contribution in [2.24, 2.45) is 0 Å². The Hall–Kier alpha value is -2.59. The highest BCUT2D eigenvalue weighted by molar-refractivity contribution is 8.13. The van der Waals surface area contributed by atoms with Crippen molar-refractivity contribution in [2.45, 2.75) is 11.6 Å². The van der Waals surface area contributed by atoms with E-state index in [0.29, 0.717) is 11.6 Å². The molecule has 0 aliphatic carbocycles. The maximum atomic E-state index is 12.2. The van der Waals surface area contributed by atoms with Crippen molar-refractivity contribution in [3.63, 3.8) is 0 Å². The average molecular weight is 318 g/mol. The number of aromatic amines is 1. The Bertz CT molecular complexity index is 940. The van der Waals surface area contributed by atoms with Crippen LogP contribution in [0.15, 0.2) is 71.9 Å². The van der Waals surface area contributed by atoms with E-state index in [1.807, 2.05) is 48.5 Å². The van der Waals surface area contributed by atoms with E-state index in [0.717, 1.165) is 27.4 Å². The van der Waals surface area contributed by atoms with Crippen LogP contribution in [0.1, 0.15) is 5.56 Å². The lowest BCUT2D eigenvalue weighted by atomic mass is 10.1. The summed E-state index contributed by atoms with van der Waals surface area (Å²) >= 11 is 1.17. The van der Waals surface area contributed by atoms with Crippen LogP contribution in [0, 0.1) is 0 Å². The summed E-state index contributed by atoms with van der Waals surface area (Å²) in [6.07, 6.45) is 0.407. The second-order valence-corrected chi connectivity index (χ2v) is 6.44. The fourth-order valence-corrected chi connectivity index (χ4v) is 3.39. The molecule has 0 radical (unpaired) electrons. The molecule has 0 atom stereocenters. The Kier molecular flexibility index (Phi) is 3.60. The molecule has 3 nitrogen and oxygen atoms in total. The minimum Gasteiger partial charge on any atom is -0.333 e. The number of thioether (sulfide) groups is 1. The molecule has 0 bridgehead atoms. The number of aromatic nitrogens is 2. The minimum absolute atomic E-state index is 0.0832. The van der Waals surface area contributed by atoms with Crippen LogP contribution >= 0.6 is 11.8 Å². The first kappa shape index (κ1) is 14.0. The molecule has 4 aromatic rings. The van der Waals surface area contributed by atoms with E-state index in [-0.39, 0.29) is 5.12 Å². The standard InChI is InChI=1S/C19H14N2OS/c22-18(10-13-6-2-1-3-7-13)23-19-20-16-11-14-8-4-5-9-15(14)12-17(16)21-19/h1-9,11-12H,10H2,(H,20,21). The number of carbonyl (C=O) groups excluding carboxylic acids is 1. The Balaban J connectivity index is 1.59. The van der Waals surface area contributed by atoms with Gasteiger partial charge in [0.2, 0.25) is 5.12 Å². The smallest absolute Gasteiger partial charge is 0.200 e. The number of nitrogens with zero attached hydrogens (tertiary/aromatic N) is 1. The molecule has 0 amide bonds. The lowest BCUT2D eigenvalue weighted by Crippen LogP contribution is -1.97. The fourth-order valence-electron chi connectivity index (χ4n) is 2.63. The van der Waals surface area contributed by atoms with Crippen LogP contribution in [0.25, 0.3) is 21.8 Å². The van der Waals surface area contributed by atoms with E-state index >= 15 is 0 Å². The van der Waals surface area contributed by atoms with Gasteiger partial charge in [-0.3, -0.25) is 4.79 Å². The Morgan fingerprint density at radius 1 is 0.957 bits per heavy atom. The topological polar surface area (TPSA) is 45.8 Å². The van der Waals surface area contributed by atoms with Crippen LogP contribution in [0.3, 0.4) is 0 Å². The van der Waals surface area contributed by atoms with Crippen LogP contribution in [0.4, 0.5) is 0 Å². The van der Waals surface area contributed by atoms with E-state index in [2.05, 4.69) is 28.2 Å². The number of rotatable bonds is 3. The third kappa shape index (κ3) is 2.98. The summed E-state index contributed by atoms with van der Waals surface area (Å²) in [5.74, 6) is 0. The summed E-state index contributed by atoms with van der Waals surface area (Å²) in [6.45, 7) is 0. The largest absolute Gasteiger partial charge is 0.333 e. The van der Waals surface area contributed by atoms with Crippen molar-refractivity contribution >= 4 is 38.7 Å². The predicted octanol–water partition coefficient (Wildman–Crippen LogP) is 4.58. The fraction of sp³-hybridized carbons (Fsp3) is 0.0526. The summed E-state index contributed by atoms with van der Waals surface area (Å²) < 4.78 is 0. The number of carbonyl (C=O) groups is 1. The number of imidazole rings is 1. The minimum atomic E-state index is 0.0832. The average Bonchev–Trinajstić information content (AvgIpc) is 2.94. The van der Waals surface area contributed by atoms with Crippen molar-refractivity contribution in [2.75, 3.05) is 0 Å². The molecule has 23 heavy (non-hydrogen) atoms. The van der Waals surface area contributed by atoms with Gasteiger partial charge in [-0.25, -0.2) is 4.98 Å². The highest BCUT2D eigenvalue weighted by Gasteiger charge is 2.10. The van der Waals surface area contributed by atoms with Crippen LogP contribution in [-0.2, 0) is 11.2 Å². The summed E-state index contributed by atoms with van der Waals surface area (Å²) in [6, 6.07) is 22.1. The molecule has 0 saturated heterocycles. The number of benzene rings is 3. The molecule has 1 N–H and O–H groups in total. The van der Waals surface area contributed by atoms with Crippen molar-refractivity contribution in [3.8, 4) is 0 Å². The molecular formula is C19H14N2OS. The summed E-state index contributed by atoms with van der Waals surface area (Å²) in [4.78, 5) is 20.0. The zero-order valence-corrected chi connectivity index (χ0v) is 13.1. The Labute approximate surface area is 137 Å². The summed E-state index contributed by atoms with van der Waals surface area (Å²) in [5.41, 5.74) is 2.87. The molecule has 0 unspecified atom stereocenters. The van der Waals surface area contributed by atoms with Crippen molar-refractivity contribution in [1.29, 1.82) is 0 Å². The zero-order valence-electron chi connectivity index (χ0n) is 12.3. The molecule has 4 rings (SSSR count). The highest BCUT2D eigenvalue weighted by Crippen LogP contribution is 2.25. The normalized spacial score (nSPS) is 11.1. The highest BCUT2D eigenvalue weighted by atomic mass is 32.2. The molecular weight excluding hydrogens is 304 g/mol. The third-order valence-electron chi connectivity index (χ3n) is 3.73. The van der Waals surface area contributed by atoms with Gasteiger partial charge in [0.15, 0.2) is 5.16 Å². The van der Waals surface area contributed by atoms with Gasteiger partial charge in [0.1, 0.15) is 0 Å². The van der Waals surface area contributed by atoms with Crippen LogP contribution in [0.2, 0.25) is 0 Å². The van der Waals surface area contributed by atoms with Crippen LogP contribution < -0.4 is 0 Å². The van der Waals surface area contributed by atoms with E-state index in [1.54, 1.807) is 0 Å². The molecule has 3 aromatic carbocycles. The van der Waals surface area contributed by atoms with Gasteiger partial charge >= 0.3 is 0 Å². The lowest BCUT2D eigenvalue weighted by molar-refractivity contribution is -0.110. The summed E-state index contributed by atoms with van der Waals surface area (Å²) in [7, 11) is 0. The second-order valence-electron chi connectivity index (χ2n) is 5.39. The van der Waals surface area contributed by atoms with E-state index in [4.69, 9.17) is 0 Å². The second kappa shape index (κ2) is 5.89. The molecule has 0 saturated carbocycles. The molecule has 0 aliphatic heterocycles. The number of nitrogens with one attached hydrogen (secondary N) is 1. The number of hydrogen-bond acceptors (Lipinski definition) is 3. The Morgan fingerprint density at radius 2 is 1.65 bits per heavy atom. The number of H-pyrrole nitrogens is 1. The molecule has 0 spiro atoms. The van der Waals surface area contributed by atoms with Crippen LogP contribution in [-0.4, -0.2) is 15.1 Å². The lowest BCUT2D eigenvalue weighted by Gasteiger charge is -1.98. The van der Waals surface area contributed by atoms with Crippen LogP contribution in [0.5, 0.6) is 0 Å². The maximum Gasteiger partial charge on any atom is 0.200 e. The first-order chi connectivity index (χ1) is 11.3. The maximum absolute atomic E-state index is 12.2. The van der Waals surface area contributed by atoms with Crippen molar-refractivity contribution in [1.82, 2.24) is 9.97 Å². The summed E-state index contributed by atoms with van der Waals surface area (Å²) in [5, 5.41) is 3.05. The van der Waals surface area contributed by atoms with Gasteiger partial charge in [-0.2, -0.15) is 0 Å². The monoisotopic (exact) mass is 318 g/mol. The van der Waals surface area contributed by atoms with E-state index < -0.39 is 0 Å². The Morgan fingerprint density at radius 3 is 2.43 bits per heavy atom. The molecule has 0 aliphatic rings. The predicted molar refractivity (Wildman–Crippen MR) is 94.6 cm³/mol. The van der Waals surface area contributed by atoms with E-state index in [1.165, 1.54) is 11.8 Å². The van der Waals surface area contributed by atoms with Crippen molar-refractivity contribution < 1.29 is 4.79 Å². The first-order valence-electron chi connectivity index (χ1n) is 7.41. The molecule has 4 heteroatoms. The van der Waals surface area contributed by atoms with Gasteiger partial charge < -0.3 is 4.98 Å².